The Morgan fingerprint density at radius 3 is 2.45 bits per heavy atom. The molecule has 4 rings (SSSR count). The fourth-order valence-corrected chi connectivity index (χ4v) is 4.62. The van der Waals surface area contributed by atoms with Crippen LogP contribution in [0.3, 0.4) is 0 Å². The molecule has 4 heterocycles. The highest BCUT2D eigenvalue weighted by Crippen LogP contribution is 2.32. The summed E-state index contributed by atoms with van der Waals surface area (Å²) in [5.41, 5.74) is 0.246. The molecule has 0 amide bonds. The van der Waals surface area contributed by atoms with Gasteiger partial charge < -0.3 is 15.0 Å². The molecule has 0 aliphatic carbocycles. The van der Waals surface area contributed by atoms with Gasteiger partial charge in [0.1, 0.15) is 5.82 Å². The highest BCUT2D eigenvalue weighted by Gasteiger charge is 2.28. The standard InChI is InChI=1S/C26H24ClN5O5S/c1-26(2,3)25(37)32-22(29-12-15-7-8-21(27)38-15)11-19(30-32)16-10-23(34)31(14-20(33)24(35)36)13-17(16)18-6-4-5-9-28-18/h4-11,13,29H,12,14H2,1-3H3,(H,35,36). The molecule has 0 saturated carbocycles. The molecule has 0 saturated heterocycles. The van der Waals surface area contributed by atoms with Gasteiger partial charge in [-0.1, -0.05) is 38.4 Å². The van der Waals surface area contributed by atoms with E-state index in [0.717, 1.165) is 9.44 Å². The maximum atomic E-state index is 13.3. The van der Waals surface area contributed by atoms with Gasteiger partial charge in [-0.2, -0.15) is 9.78 Å². The maximum absolute atomic E-state index is 13.3. The summed E-state index contributed by atoms with van der Waals surface area (Å²) in [6.07, 6.45) is 2.95. The number of anilines is 1. The van der Waals surface area contributed by atoms with Crippen molar-refractivity contribution in [3.63, 3.8) is 0 Å². The van der Waals surface area contributed by atoms with Crippen molar-refractivity contribution < 1.29 is 19.5 Å². The van der Waals surface area contributed by atoms with Gasteiger partial charge in [0.25, 0.3) is 17.2 Å². The van der Waals surface area contributed by atoms with Gasteiger partial charge in [-0.25, -0.2) is 4.79 Å². The first-order valence-corrected chi connectivity index (χ1v) is 12.7. The molecule has 196 valence electrons. The van der Waals surface area contributed by atoms with E-state index in [4.69, 9.17) is 16.7 Å². The average Bonchev–Trinajstić information content (AvgIpc) is 3.49. The number of carbonyl (C=O) groups is 3. The third-order valence-corrected chi connectivity index (χ3v) is 6.74. The molecule has 0 bridgehead atoms. The van der Waals surface area contributed by atoms with Gasteiger partial charge in [-0.15, -0.1) is 11.3 Å². The third kappa shape index (κ3) is 5.90. The van der Waals surface area contributed by atoms with Gasteiger partial charge in [-0.3, -0.25) is 19.4 Å². The number of carboxylic acid groups (broad SMARTS) is 1. The van der Waals surface area contributed by atoms with Crippen molar-refractivity contribution in [1.29, 1.82) is 0 Å². The summed E-state index contributed by atoms with van der Waals surface area (Å²) in [5, 5.41) is 16.8. The summed E-state index contributed by atoms with van der Waals surface area (Å²) < 4.78 is 2.93. The molecule has 10 nitrogen and oxygen atoms in total. The smallest absolute Gasteiger partial charge is 0.374 e. The zero-order valence-corrected chi connectivity index (χ0v) is 22.3. The van der Waals surface area contributed by atoms with Crippen LogP contribution in [0.15, 0.2) is 59.7 Å². The normalized spacial score (nSPS) is 11.4. The molecule has 12 heteroatoms. The molecule has 4 aromatic rings. The van der Waals surface area contributed by atoms with E-state index in [-0.39, 0.29) is 5.91 Å². The largest absolute Gasteiger partial charge is 0.475 e. The Bertz CT molecular complexity index is 1580. The number of hydrogen-bond donors (Lipinski definition) is 2. The van der Waals surface area contributed by atoms with Crippen LogP contribution in [0.2, 0.25) is 4.34 Å². The van der Waals surface area contributed by atoms with Crippen molar-refractivity contribution >= 4 is 46.4 Å². The SMILES string of the molecule is CC(C)(C)C(=O)n1nc(-c2cc(=O)n(CC(=O)C(=O)O)cc2-c2ccccn2)cc1NCc1ccc(Cl)s1. The Labute approximate surface area is 226 Å². The second kappa shape index (κ2) is 10.7. The molecule has 0 atom stereocenters. The van der Waals surface area contributed by atoms with Crippen molar-refractivity contribution in [2.45, 2.75) is 33.9 Å². The van der Waals surface area contributed by atoms with Gasteiger partial charge in [0.15, 0.2) is 0 Å². The number of halogens is 1. The first-order chi connectivity index (χ1) is 17.9. The van der Waals surface area contributed by atoms with Gasteiger partial charge in [0.05, 0.1) is 28.8 Å². The number of nitrogens with zero attached hydrogens (tertiary/aromatic N) is 4. The van der Waals surface area contributed by atoms with Crippen molar-refractivity contribution in [3.8, 4) is 22.5 Å². The lowest BCUT2D eigenvalue weighted by Gasteiger charge is -2.18. The van der Waals surface area contributed by atoms with Gasteiger partial charge >= 0.3 is 5.97 Å². The van der Waals surface area contributed by atoms with Crippen LogP contribution < -0.4 is 10.9 Å². The van der Waals surface area contributed by atoms with Gasteiger partial charge in [0, 0.05) is 45.9 Å². The van der Waals surface area contributed by atoms with Gasteiger partial charge in [0.2, 0.25) is 0 Å². The fourth-order valence-electron chi connectivity index (χ4n) is 3.59. The highest BCUT2D eigenvalue weighted by atomic mass is 35.5. The number of ketones is 1. The van der Waals surface area contributed by atoms with Crippen LogP contribution in [0.1, 0.15) is 30.4 Å². The molecule has 0 radical (unpaired) electrons. The number of nitrogens with one attached hydrogen (secondary N) is 1. The van der Waals surface area contributed by atoms with Crippen LogP contribution in [0.5, 0.6) is 0 Å². The van der Waals surface area contributed by atoms with Crippen molar-refractivity contribution in [3.05, 3.63) is 74.4 Å². The molecule has 0 aliphatic rings. The predicted molar refractivity (Wildman–Crippen MR) is 145 cm³/mol. The summed E-state index contributed by atoms with van der Waals surface area (Å²) in [6.45, 7) is 5.09. The molecule has 2 N–H and O–H groups in total. The summed E-state index contributed by atoms with van der Waals surface area (Å²) in [6, 6.07) is 11.8. The number of pyridine rings is 2. The monoisotopic (exact) mass is 553 g/mol. The minimum atomic E-state index is -1.64. The Hall–Kier alpha value is -4.09. The molecule has 0 fully saturated rings. The highest BCUT2D eigenvalue weighted by molar-refractivity contribution is 7.16. The van der Waals surface area contributed by atoms with E-state index in [2.05, 4.69) is 15.4 Å². The Balaban J connectivity index is 1.85. The van der Waals surface area contributed by atoms with E-state index >= 15 is 0 Å². The van der Waals surface area contributed by atoms with Crippen molar-refractivity contribution in [2.75, 3.05) is 5.32 Å². The number of carbonyl (C=O) groups excluding carboxylic acids is 2. The quantitative estimate of drug-likeness (QED) is 0.306. The minimum absolute atomic E-state index is 0.268. The summed E-state index contributed by atoms with van der Waals surface area (Å²) in [4.78, 5) is 54.4. The second-order valence-corrected chi connectivity index (χ2v) is 11.3. The first kappa shape index (κ1) is 27.0. The summed E-state index contributed by atoms with van der Waals surface area (Å²) >= 11 is 7.45. The second-order valence-electron chi connectivity index (χ2n) is 9.45. The Morgan fingerprint density at radius 1 is 1.08 bits per heavy atom. The summed E-state index contributed by atoms with van der Waals surface area (Å²) in [5.74, 6) is -2.62. The van der Waals surface area contributed by atoms with Crippen LogP contribution in [-0.2, 0) is 22.7 Å². The van der Waals surface area contributed by atoms with E-state index in [9.17, 15) is 19.2 Å². The number of Topliss-reactive ketones (excluding diaryl/α,β-unsaturated/α-hetero) is 1. The van der Waals surface area contributed by atoms with E-state index in [1.165, 1.54) is 28.3 Å². The Kier molecular flexibility index (Phi) is 7.61. The van der Waals surface area contributed by atoms with Crippen LogP contribution in [0.25, 0.3) is 22.5 Å². The number of aliphatic carboxylic acids is 1. The zero-order chi connectivity index (χ0) is 27.6. The molecule has 0 spiro atoms. The fraction of sp³-hybridized carbons (Fsp3) is 0.231. The molecule has 0 unspecified atom stereocenters. The summed E-state index contributed by atoms with van der Waals surface area (Å²) in [7, 11) is 0. The number of carboxylic acids is 1. The maximum Gasteiger partial charge on any atom is 0.374 e. The van der Waals surface area contributed by atoms with Crippen LogP contribution in [-0.4, -0.2) is 42.1 Å². The lowest BCUT2D eigenvalue weighted by Crippen LogP contribution is -2.29. The van der Waals surface area contributed by atoms with Crippen molar-refractivity contribution in [1.82, 2.24) is 19.3 Å². The number of thiophene rings is 1. The number of rotatable bonds is 8. The lowest BCUT2D eigenvalue weighted by atomic mass is 9.96. The van der Waals surface area contributed by atoms with Gasteiger partial charge in [-0.05, 0) is 24.3 Å². The first-order valence-electron chi connectivity index (χ1n) is 11.5. The molecular formula is C26H24ClN5O5S. The van der Waals surface area contributed by atoms with Crippen LogP contribution in [0, 0.1) is 5.41 Å². The molecule has 0 aromatic carbocycles. The molecular weight excluding hydrogens is 530 g/mol. The van der Waals surface area contributed by atoms with Crippen molar-refractivity contribution in [2.24, 2.45) is 5.41 Å². The van der Waals surface area contributed by atoms with E-state index in [0.29, 0.717) is 39.2 Å². The average molecular weight is 554 g/mol. The van der Waals surface area contributed by atoms with E-state index in [1.807, 2.05) is 6.07 Å². The Morgan fingerprint density at radius 2 is 1.84 bits per heavy atom. The molecule has 38 heavy (non-hydrogen) atoms. The third-order valence-electron chi connectivity index (χ3n) is 5.51. The lowest BCUT2D eigenvalue weighted by molar-refractivity contribution is -0.149. The topological polar surface area (TPSA) is 136 Å². The number of hydrogen-bond acceptors (Lipinski definition) is 8. The molecule has 4 aromatic heterocycles. The van der Waals surface area contributed by atoms with Crippen LogP contribution >= 0.6 is 22.9 Å². The minimum Gasteiger partial charge on any atom is -0.475 e. The zero-order valence-electron chi connectivity index (χ0n) is 20.8. The van der Waals surface area contributed by atoms with E-state index in [1.54, 1.807) is 57.3 Å². The molecule has 0 aliphatic heterocycles. The predicted octanol–water partition coefficient (Wildman–Crippen LogP) is 4.44. The number of aromatic nitrogens is 4. The van der Waals surface area contributed by atoms with Crippen LogP contribution in [0.4, 0.5) is 5.82 Å². The van der Waals surface area contributed by atoms with E-state index < -0.39 is 29.3 Å².